The number of ketones is 1. The lowest BCUT2D eigenvalue weighted by molar-refractivity contribution is -0.305. The summed E-state index contributed by atoms with van der Waals surface area (Å²) in [4.78, 5) is 22.5. The first kappa shape index (κ1) is 18.2. The Morgan fingerprint density at radius 3 is 2.26 bits per heavy atom. The molecule has 0 aromatic rings. The average Bonchev–Trinajstić information content (AvgIpc) is 2.79. The molecule has 8 atom stereocenters. The van der Waals surface area contributed by atoms with Crippen LogP contribution in [0.5, 0.6) is 0 Å². The molecular weight excluding hydrogens is 320 g/mol. The normalized spacial score (nSPS) is 42.6. The van der Waals surface area contributed by atoms with E-state index in [2.05, 4.69) is 4.74 Å². The Labute approximate surface area is 129 Å². The Morgan fingerprint density at radius 1 is 1.09 bits per heavy atom. The molecule has 0 spiro atoms. The van der Waals surface area contributed by atoms with Crippen molar-refractivity contribution in [1.82, 2.24) is 0 Å². The largest absolute Gasteiger partial charge is 0.449 e. The van der Waals surface area contributed by atoms with Gasteiger partial charge in [-0.15, -0.1) is 0 Å². The van der Waals surface area contributed by atoms with Crippen molar-refractivity contribution in [3.8, 4) is 0 Å². The number of aliphatic hydroxyl groups excluding tert-OH is 6. The SMILES string of the molecule is O=C1O[C@H]([C@@H](O)COC2O[C@H](CO)[C@H](O)[C@H](O)[C@H]2O)C(=O)C1O. The zero-order valence-electron chi connectivity index (χ0n) is 11.8. The van der Waals surface area contributed by atoms with Gasteiger partial charge in [0.15, 0.2) is 12.4 Å². The fourth-order valence-corrected chi connectivity index (χ4v) is 2.27. The zero-order valence-corrected chi connectivity index (χ0v) is 11.8. The molecule has 2 rings (SSSR count). The molecule has 2 unspecified atom stereocenters. The maximum Gasteiger partial charge on any atom is 0.343 e. The third-order valence-electron chi connectivity index (χ3n) is 3.65. The first-order valence-electron chi connectivity index (χ1n) is 6.80. The minimum atomic E-state index is -1.97. The molecule has 132 valence electrons. The van der Waals surface area contributed by atoms with Crippen LogP contribution in [0.2, 0.25) is 0 Å². The van der Waals surface area contributed by atoms with Crippen LogP contribution in [0.4, 0.5) is 0 Å². The van der Waals surface area contributed by atoms with E-state index in [1.807, 2.05) is 0 Å². The number of esters is 1. The van der Waals surface area contributed by atoms with Crippen molar-refractivity contribution in [3.05, 3.63) is 0 Å². The predicted molar refractivity (Wildman–Crippen MR) is 66.6 cm³/mol. The first-order valence-corrected chi connectivity index (χ1v) is 6.80. The molecule has 0 aromatic carbocycles. The molecule has 11 nitrogen and oxygen atoms in total. The molecule has 0 aliphatic carbocycles. The van der Waals surface area contributed by atoms with Crippen molar-refractivity contribution < 1.29 is 54.4 Å². The van der Waals surface area contributed by atoms with Gasteiger partial charge in [0.1, 0.15) is 30.5 Å². The quantitative estimate of drug-likeness (QED) is 0.208. The number of carbonyl (C=O) groups is 2. The molecule has 0 saturated carbocycles. The number of rotatable bonds is 5. The van der Waals surface area contributed by atoms with Crippen LogP contribution in [0.1, 0.15) is 0 Å². The molecule has 0 amide bonds. The van der Waals surface area contributed by atoms with Crippen molar-refractivity contribution in [2.75, 3.05) is 13.2 Å². The molecule has 0 bridgehead atoms. The summed E-state index contributed by atoms with van der Waals surface area (Å²) in [6, 6.07) is 0. The third kappa shape index (κ3) is 3.51. The second-order valence-corrected chi connectivity index (χ2v) is 5.26. The molecule has 6 N–H and O–H groups in total. The van der Waals surface area contributed by atoms with E-state index in [-0.39, 0.29) is 0 Å². The van der Waals surface area contributed by atoms with Gasteiger partial charge in [-0.3, -0.25) is 4.79 Å². The highest BCUT2D eigenvalue weighted by molar-refractivity contribution is 6.09. The number of hydrogen-bond acceptors (Lipinski definition) is 11. The lowest BCUT2D eigenvalue weighted by atomic mass is 9.99. The Kier molecular flexibility index (Phi) is 5.65. The molecule has 11 heteroatoms. The molecule has 2 fully saturated rings. The number of Topliss-reactive ketones (excluding diaryl/α,β-unsaturated/α-hetero) is 1. The molecule has 23 heavy (non-hydrogen) atoms. The van der Waals surface area contributed by atoms with E-state index in [0.717, 1.165) is 0 Å². The van der Waals surface area contributed by atoms with E-state index in [4.69, 9.17) is 19.7 Å². The van der Waals surface area contributed by atoms with Crippen LogP contribution < -0.4 is 0 Å². The van der Waals surface area contributed by atoms with Crippen molar-refractivity contribution in [2.45, 2.75) is 49.0 Å². The van der Waals surface area contributed by atoms with Gasteiger partial charge in [-0.25, -0.2) is 4.79 Å². The molecule has 0 radical (unpaired) electrons. The maximum absolute atomic E-state index is 11.5. The van der Waals surface area contributed by atoms with Gasteiger partial charge in [0, 0.05) is 0 Å². The van der Waals surface area contributed by atoms with Crippen molar-refractivity contribution in [3.63, 3.8) is 0 Å². The minimum Gasteiger partial charge on any atom is -0.449 e. The fourth-order valence-electron chi connectivity index (χ4n) is 2.27. The van der Waals surface area contributed by atoms with Crippen LogP contribution in [0.3, 0.4) is 0 Å². The van der Waals surface area contributed by atoms with Gasteiger partial charge >= 0.3 is 5.97 Å². The molecule has 0 aromatic heterocycles. The summed E-state index contributed by atoms with van der Waals surface area (Å²) in [5.74, 6) is -2.22. The summed E-state index contributed by atoms with van der Waals surface area (Å²) in [7, 11) is 0. The van der Waals surface area contributed by atoms with Crippen LogP contribution >= 0.6 is 0 Å². The van der Waals surface area contributed by atoms with Crippen LogP contribution in [0, 0.1) is 0 Å². The van der Waals surface area contributed by atoms with E-state index in [1.54, 1.807) is 0 Å². The lowest BCUT2D eigenvalue weighted by Crippen LogP contribution is -2.59. The highest BCUT2D eigenvalue weighted by atomic mass is 16.7. The predicted octanol–water partition coefficient (Wildman–Crippen LogP) is -4.98. The lowest BCUT2D eigenvalue weighted by Gasteiger charge is -2.39. The summed E-state index contributed by atoms with van der Waals surface area (Å²) < 4.78 is 14.5. The monoisotopic (exact) mass is 338 g/mol. The van der Waals surface area contributed by atoms with Crippen LogP contribution in [-0.2, 0) is 23.8 Å². The second-order valence-electron chi connectivity index (χ2n) is 5.26. The van der Waals surface area contributed by atoms with Crippen LogP contribution in [0.15, 0.2) is 0 Å². The zero-order chi connectivity index (χ0) is 17.3. The van der Waals surface area contributed by atoms with E-state index in [0.29, 0.717) is 0 Å². The Balaban J connectivity index is 1.92. The van der Waals surface area contributed by atoms with Gasteiger partial charge in [-0.05, 0) is 0 Å². The van der Waals surface area contributed by atoms with Gasteiger partial charge in [0.2, 0.25) is 11.9 Å². The number of carbonyl (C=O) groups excluding carboxylic acids is 2. The molecule has 2 aliphatic heterocycles. The highest BCUT2D eigenvalue weighted by Crippen LogP contribution is 2.23. The van der Waals surface area contributed by atoms with Gasteiger partial charge in [-0.1, -0.05) is 0 Å². The van der Waals surface area contributed by atoms with Crippen molar-refractivity contribution in [1.29, 1.82) is 0 Å². The van der Waals surface area contributed by atoms with Gasteiger partial charge < -0.3 is 44.8 Å². The maximum atomic E-state index is 11.5. The first-order chi connectivity index (χ1) is 10.8. The van der Waals surface area contributed by atoms with Crippen LogP contribution in [0.25, 0.3) is 0 Å². The average molecular weight is 338 g/mol. The topological polar surface area (TPSA) is 183 Å². The third-order valence-corrected chi connectivity index (χ3v) is 3.65. The van der Waals surface area contributed by atoms with E-state index in [9.17, 15) is 30.0 Å². The summed E-state index contributed by atoms with van der Waals surface area (Å²) in [5.41, 5.74) is 0. The van der Waals surface area contributed by atoms with E-state index >= 15 is 0 Å². The Bertz CT molecular complexity index is 452. The number of cyclic esters (lactones) is 1. The fraction of sp³-hybridized carbons (Fsp3) is 0.833. The summed E-state index contributed by atoms with van der Waals surface area (Å²) in [6.07, 6.45) is -12.8. The molecular formula is C12H18O11. The van der Waals surface area contributed by atoms with Gasteiger partial charge in [0.25, 0.3) is 0 Å². The summed E-state index contributed by atoms with van der Waals surface area (Å²) >= 11 is 0. The number of aliphatic hydroxyl groups is 6. The van der Waals surface area contributed by atoms with Gasteiger partial charge in [-0.2, -0.15) is 0 Å². The number of hydrogen-bond donors (Lipinski definition) is 6. The Morgan fingerprint density at radius 2 is 1.74 bits per heavy atom. The highest BCUT2D eigenvalue weighted by Gasteiger charge is 2.47. The van der Waals surface area contributed by atoms with Crippen LogP contribution in [-0.4, -0.2) is 105 Å². The standard InChI is InChI=1S/C12H18O11/c13-1-4-5(15)6(16)9(19)12(22-4)21-2-3(14)10-7(17)8(18)11(20)23-10/h3-6,8-10,12-16,18-19H,1-2H2/t3-,4+,5-,6-,8?,9+,10+,12?/m0/s1. The van der Waals surface area contributed by atoms with Crippen molar-refractivity contribution in [2.24, 2.45) is 0 Å². The molecule has 2 heterocycles. The molecule has 2 saturated heterocycles. The van der Waals surface area contributed by atoms with Crippen molar-refractivity contribution >= 4 is 11.8 Å². The van der Waals surface area contributed by atoms with Gasteiger partial charge in [0.05, 0.1) is 13.2 Å². The molecule has 2 aliphatic rings. The summed E-state index contributed by atoms with van der Waals surface area (Å²) in [6.45, 7) is -1.29. The van der Waals surface area contributed by atoms with E-state index < -0.39 is 74.0 Å². The Hall–Kier alpha value is -1.18. The minimum absolute atomic E-state index is 0.640. The smallest absolute Gasteiger partial charge is 0.343 e. The number of ether oxygens (including phenoxy) is 3. The second kappa shape index (κ2) is 7.15. The summed E-state index contributed by atoms with van der Waals surface area (Å²) in [5, 5.41) is 56.8. The van der Waals surface area contributed by atoms with E-state index in [1.165, 1.54) is 0 Å².